The van der Waals surface area contributed by atoms with Gasteiger partial charge in [-0.3, -0.25) is 0 Å². The summed E-state index contributed by atoms with van der Waals surface area (Å²) in [5, 5.41) is 12.6. The molecule has 5 nitrogen and oxygen atoms in total. The van der Waals surface area contributed by atoms with Gasteiger partial charge in [0.2, 0.25) is 0 Å². The van der Waals surface area contributed by atoms with E-state index in [1.165, 1.54) is 12.1 Å². The van der Waals surface area contributed by atoms with E-state index >= 15 is 0 Å². The molecular formula is C12H11F2N3O2. The molecule has 0 aliphatic rings. The number of aromatic carboxylic acids is 1. The van der Waals surface area contributed by atoms with E-state index in [1.54, 1.807) is 13.8 Å². The first-order chi connectivity index (χ1) is 8.91. The van der Waals surface area contributed by atoms with Crippen molar-refractivity contribution in [2.45, 2.75) is 19.8 Å². The Labute approximate surface area is 107 Å². The highest BCUT2D eigenvalue weighted by molar-refractivity contribution is 5.83. The Bertz CT molecular complexity index is 638. The van der Waals surface area contributed by atoms with Crippen LogP contribution in [0, 0.1) is 11.6 Å². The molecule has 0 amide bonds. The van der Waals surface area contributed by atoms with Crippen LogP contribution in [0.2, 0.25) is 0 Å². The van der Waals surface area contributed by atoms with Crippen molar-refractivity contribution in [2.75, 3.05) is 0 Å². The molecule has 7 heteroatoms. The predicted molar refractivity (Wildman–Crippen MR) is 62.3 cm³/mol. The molecule has 0 fully saturated rings. The van der Waals surface area contributed by atoms with Gasteiger partial charge in [0.15, 0.2) is 11.6 Å². The van der Waals surface area contributed by atoms with Gasteiger partial charge in [0, 0.05) is 5.92 Å². The normalized spacial score (nSPS) is 11.0. The molecule has 0 radical (unpaired) electrons. The third-order valence-electron chi connectivity index (χ3n) is 2.50. The van der Waals surface area contributed by atoms with Crippen molar-refractivity contribution in [3.05, 3.63) is 41.5 Å². The number of carboxylic acids is 1. The first kappa shape index (κ1) is 13.1. The Hall–Kier alpha value is -2.31. The lowest BCUT2D eigenvalue weighted by atomic mass is 10.2. The van der Waals surface area contributed by atoms with E-state index in [9.17, 15) is 13.6 Å². The highest BCUT2D eigenvalue weighted by atomic mass is 19.2. The lowest BCUT2D eigenvalue weighted by molar-refractivity contribution is 0.0683. The van der Waals surface area contributed by atoms with Crippen molar-refractivity contribution < 1.29 is 18.7 Å². The Morgan fingerprint density at radius 1 is 1.37 bits per heavy atom. The van der Waals surface area contributed by atoms with E-state index < -0.39 is 23.4 Å². The summed E-state index contributed by atoms with van der Waals surface area (Å²) in [5.74, 6) is -3.83. The molecule has 0 saturated carbocycles. The fourth-order valence-corrected chi connectivity index (χ4v) is 1.62. The zero-order chi connectivity index (χ0) is 14.2. The van der Waals surface area contributed by atoms with E-state index in [-0.39, 0.29) is 17.4 Å². The number of hydrogen-bond acceptors (Lipinski definition) is 3. The second kappa shape index (κ2) is 4.75. The fraction of sp³-hybridized carbons (Fsp3) is 0.250. The second-order valence-corrected chi connectivity index (χ2v) is 4.24. The summed E-state index contributed by atoms with van der Waals surface area (Å²) in [7, 11) is 0. The molecule has 19 heavy (non-hydrogen) atoms. The molecule has 2 rings (SSSR count). The maximum atomic E-state index is 13.7. The largest absolute Gasteiger partial charge is 0.475 e. The molecule has 0 saturated heterocycles. The summed E-state index contributed by atoms with van der Waals surface area (Å²) in [6, 6.07) is 3.60. The van der Waals surface area contributed by atoms with E-state index in [1.807, 2.05) is 0 Å². The average molecular weight is 267 g/mol. The van der Waals surface area contributed by atoms with Gasteiger partial charge < -0.3 is 5.11 Å². The average Bonchev–Trinajstić information content (AvgIpc) is 2.77. The molecule has 2 aromatic rings. The number of benzene rings is 1. The summed E-state index contributed by atoms with van der Waals surface area (Å²) in [6.45, 7) is 3.51. The molecule has 0 spiro atoms. The molecule has 100 valence electrons. The molecule has 0 unspecified atom stereocenters. The second-order valence-electron chi connectivity index (χ2n) is 4.24. The Balaban J connectivity index is 2.67. The van der Waals surface area contributed by atoms with Crippen LogP contribution in [0.25, 0.3) is 5.69 Å². The quantitative estimate of drug-likeness (QED) is 0.927. The van der Waals surface area contributed by atoms with E-state index in [0.29, 0.717) is 0 Å². The minimum atomic E-state index is -1.32. The van der Waals surface area contributed by atoms with Gasteiger partial charge >= 0.3 is 5.97 Å². The third kappa shape index (κ3) is 2.31. The van der Waals surface area contributed by atoms with Crippen molar-refractivity contribution in [1.82, 2.24) is 14.8 Å². The standard InChI is InChI=1S/C12H11F2N3O2/c1-6(2)11-15-10(12(18)19)16-17(11)8-5-3-4-7(13)9(8)14/h3-6H,1-2H3,(H,18,19). The SMILES string of the molecule is CC(C)c1nc(C(=O)O)nn1-c1cccc(F)c1F. The van der Waals surface area contributed by atoms with Crippen LogP contribution in [-0.2, 0) is 0 Å². The number of hydrogen-bond donors (Lipinski definition) is 1. The van der Waals surface area contributed by atoms with Crippen LogP contribution in [-0.4, -0.2) is 25.8 Å². The van der Waals surface area contributed by atoms with Gasteiger partial charge in [-0.05, 0) is 12.1 Å². The molecule has 0 bridgehead atoms. The first-order valence-electron chi connectivity index (χ1n) is 5.56. The number of halogens is 2. The third-order valence-corrected chi connectivity index (χ3v) is 2.50. The molecule has 1 aromatic heterocycles. The zero-order valence-corrected chi connectivity index (χ0v) is 10.3. The molecule has 1 heterocycles. The Morgan fingerprint density at radius 2 is 2.05 bits per heavy atom. The number of rotatable bonds is 3. The summed E-state index contributed by atoms with van der Waals surface area (Å²) in [5.41, 5.74) is -0.163. The van der Waals surface area contributed by atoms with Crippen LogP contribution in [0.3, 0.4) is 0 Å². The van der Waals surface area contributed by atoms with E-state index in [2.05, 4.69) is 10.1 Å². The summed E-state index contributed by atoms with van der Waals surface area (Å²) in [6.07, 6.45) is 0. The topological polar surface area (TPSA) is 68.0 Å². The van der Waals surface area contributed by atoms with Crippen LogP contribution in [0.1, 0.15) is 36.2 Å². The maximum Gasteiger partial charge on any atom is 0.375 e. The molecule has 0 aliphatic heterocycles. The van der Waals surface area contributed by atoms with Crippen LogP contribution >= 0.6 is 0 Å². The van der Waals surface area contributed by atoms with Gasteiger partial charge in [-0.15, -0.1) is 5.10 Å². The van der Waals surface area contributed by atoms with E-state index in [4.69, 9.17) is 5.11 Å². The highest BCUT2D eigenvalue weighted by Crippen LogP contribution is 2.21. The van der Waals surface area contributed by atoms with Gasteiger partial charge in [0.05, 0.1) is 0 Å². The molecule has 1 N–H and O–H groups in total. The monoisotopic (exact) mass is 267 g/mol. The maximum absolute atomic E-state index is 13.7. The predicted octanol–water partition coefficient (Wildman–Crippen LogP) is 2.37. The Morgan fingerprint density at radius 3 is 2.63 bits per heavy atom. The van der Waals surface area contributed by atoms with Crippen molar-refractivity contribution in [1.29, 1.82) is 0 Å². The number of nitrogens with zero attached hydrogens (tertiary/aromatic N) is 3. The highest BCUT2D eigenvalue weighted by Gasteiger charge is 2.21. The fourth-order valence-electron chi connectivity index (χ4n) is 1.62. The summed E-state index contributed by atoms with van der Waals surface area (Å²) in [4.78, 5) is 14.7. The van der Waals surface area contributed by atoms with Crippen molar-refractivity contribution >= 4 is 5.97 Å². The number of carbonyl (C=O) groups is 1. The first-order valence-corrected chi connectivity index (χ1v) is 5.56. The van der Waals surface area contributed by atoms with Crippen molar-refractivity contribution in [3.8, 4) is 5.69 Å². The lowest BCUT2D eigenvalue weighted by Crippen LogP contribution is -2.08. The zero-order valence-electron chi connectivity index (χ0n) is 10.3. The van der Waals surface area contributed by atoms with Crippen molar-refractivity contribution in [2.24, 2.45) is 0 Å². The van der Waals surface area contributed by atoms with Crippen LogP contribution in [0.15, 0.2) is 18.2 Å². The minimum Gasteiger partial charge on any atom is -0.475 e. The number of aromatic nitrogens is 3. The lowest BCUT2D eigenvalue weighted by Gasteiger charge is -2.09. The van der Waals surface area contributed by atoms with Crippen molar-refractivity contribution in [3.63, 3.8) is 0 Å². The van der Waals surface area contributed by atoms with Gasteiger partial charge in [-0.25, -0.2) is 23.2 Å². The molecular weight excluding hydrogens is 256 g/mol. The molecule has 0 aliphatic carbocycles. The van der Waals surface area contributed by atoms with Gasteiger partial charge in [0.25, 0.3) is 5.82 Å². The molecule has 1 aromatic carbocycles. The van der Waals surface area contributed by atoms with Crippen LogP contribution in [0.4, 0.5) is 8.78 Å². The Kier molecular flexibility index (Phi) is 3.28. The minimum absolute atomic E-state index is 0.163. The van der Waals surface area contributed by atoms with Gasteiger partial charge in [-0.1, -0.05) is 19.9 Å². The smallest absolute Gasteiger partial charge is 0.375 e. The summed E-state index contributed by atoms with van der Waals surface area (Å²) < 4.78 is 28.0. The van der Waals surface area contributed by atoms with Gasteiger partial charge in [0.1, 0.15) is 11.5 Å². The van der Waals surface area contributed by atoms with Crippen LogP contribution in [0.5, 0.6) is 0 Å². The van der Waals surface area contributed by atoms with E-state index in [0.717, 1.165) is 10.7 Å². The number of carboxylic acid groups (broad SMARTS) is 1. The van der Waals surface area contributed by atoms with Crippen LogP contribution < -0.4 is 0 Å². The summed E-state index contributed by atoms with van der Waals surface area (Å²) >= 11 is 0. The van der Waals surface area contributed by atoms with Gasteiger partial charge in [-0.2, -0.15) is 0 Å². The molecule has 0 atom stereocenters.